The number of nitrogens with two attached hydrogens (primary N) is 2. The quantitative estimate of drug-likeness (QED) is 0.295. The summed E-state index contributed by atoms with van der Waals surface area (Å²) in [6, 6.07) is -2.00. The Kier molecular flexibility index (Phi) is 8.47. The van der Waals surface area contributed by atoms with E-state index < -0.39 is 36.3 Å². The monoisotopic (exact) mass is 274 g/mol. The fraction of sp³-hybridized carbons (Fsp3) is 0.727. The normalized spacial score (nSPS) is 13.6. The molecule has 8 heteroatoms. The molecule has 0 aliphatic rings. The molecule has 7 N–H and O–H groups in total. The molecule has 19 heavy (non-hydrogen) atoms. The Bertz CT molecular complexity index is 322. The number of nitrogens with one attached hydrogen (secondary N) is 2. The molecule has 0 rings (SSSR count). The lowest BCUT2D eigenvalue weighted by Crippen LogP contribution is -2.50. The third-order valence-electron chi connectivity index (χ3n) is 2.56. The van der Waals surface area contributed by atoms with Crippen molar-refractivity contribution < 1.29 is 19.5 Å². The molecule has 0 spiro atoms. The highest BCUT2D eigenvalue weighted by molar-refractivity contribution is 5.90. The van der Waals surface area contributed by atoms with Gasteiger partial charge in [-0.05, 0) is 32.9 Å². The van der Waals surface area contributed by atoms with Crippen LogP contribution in [0.2, 0.25) is 0 Å². The predicted octanol–water partition coefficient (Wildman–Crippen LogP) is -1.85. The topological polar surface area (TPSA) is 148 Å². The molecule has 2 amide bonds. The third-order valence-corrected chi connectivity index (χ3v) is 2.56. The molecule has 0 saturated carbocycles. The summed E-state index contributed by atoms with van der Waals surface area (Å²) in [5.74, 6) is -2.51. The zero-order valence-electron chi connectivity index (χ0n) is 11.0. The average Bonchev–Trinajstić information content (AvgIpc) is 2.31. The van der Waals surface area contributed by atoms with Gasteiger partial charge in [0.15, 0.2) is 0 Å². The molecule has 0 fully saturated rings. The molecule has 2 atom stereocenters. The van der Waals surface area contributed by atoms with Gasteiger partial charge in [0.1, 0.15) is 6.04 Å². The molecule has 0 heterocycles. The molecule has 0 unspecified atom stereocenters. The van der Waals surface area contributed by atoms with E-state index in [1.807, 2.05) is 7.05 Å². The van der Waals surface area contributed by atoms with Gasteiger partial charge in [0.05, 0.1) is 12.5 Å². The summed E-state index contributed by atoms with van der Waals surface area (Å²) in [5.41, 5.74) is 10.6. The fourth-order valence-electron chi connectivity index (χ4n) is 1.50. The molecule has 0 aromatic rings. The van der Waals surface area contributed by atoms with E-state index in [0.29, 0.717) is 12.8 Å². The van der Waals surface area contributed by atoms with E-state index in [4.69, 9.17) is 16.6 Å². The van der Waals surface area contributed by atoms with Gasteiger partial charge < -0.3 is 27.2 Å². The minimum absolute atomic E-state index is 0.405. The summed E-state index contributed by atoms with van der Waals surface area (Å²) in [5, 5.41) is 13.9. The van der Waals surface area contributed by atoms with Gasteiger partial charge in [-0.2, -0.15) is 0 Å². The van der Waals surface area contributed by atoms with Crippen LogP contribution >= 0.6 is 0 Å². The van der Waals surface area contributed by atoms with Crippen LogP contribution in [0.4, 0.5) is 0 Å². The summed E-state index contributed by atoms with van der Waals surface area (Å²) in [6.45, 7) is 0.804. The lowest BCUT2D eigenvalue weighted by atomic mass is 10.1. The lowest BCUT2D eigenvalue weighted by Gasteiger charge is -2.17. The Labute approximate surface area is 111 Å². The van der Waals surface area contributed by atoms with Crippen molar-refractivity contribution in [2.75, 3.05) is 13.6 Å². The molecule has 0 radical (unpaired) electrons. The van der Waals surface area contributed by atoms with Gasteiger partial charge in [-0.1, -0.05) is 0 Å². The van der Waals surface area contributed by atoms with E-state index in [0.717, 1.165) is 13.0 Å². The number of unbranched alkanes of at least 4 members (excludes halogenated alkanes) is 1. The molecule has 8 nitrogen and oxygen atoms in total. The highest BCUT2D eigenvalue weighted by Crippen LogP contribution is 2.01. The van der Waals surface area contributed by atoms with Crippen LogP contribution < -0.4 is 22.1 Å². The predicted molar refractivity (Wildman–Crippen MR) is 69.1 cm³/mol. The average molecular weight is 274 g/mol. The second kappa shape index (κ2) is 9.29. The van der Waals surface area contributed by atoms with Gasteiger partial charge in [0, 0.05) is 0 Å². The van der Waals surface area contributed by atoms with Gasteiger partial charge in [-0.3, -0.25) is 14.4 Å². The minimum atomic E-state index is -1.18. The van der Waals surface area contributed by atoms with Crippen molar-refractivity contribution in [3.05, 3.63) is 0 Å². The summed E-state index contributed by atoms with van der Waals surface area (Å²) in [6.07, 6.45) is 1.47. The Morgan fingerprint density at radius 1 is 1.26 bits per heavy atom. The Morgan fingerprint density at radius 3 is 2.37 bits per heavy atom. The molecule has 0 bridgehead atoms. The number of carbonyl (C=O) groups is 3. The number of rotatable bonds is 10. The molecular formula is C11H22N4O4. The number of aliphatic carboxylic acids is 1. The Hall–Kier alpha value is -1.67. The number of hydrogen-bond acceptors (Lipinski definition) is 5. The zero-order chi connectivity index (χ0) is 14.8. The Balaban J connectivity index is 4.22. The first-order chi connectivity index (χ1) is 8.88. The Morgan fingerprint density at radius 2 is 1.89 bits per heavy atom. The van der Waals surface area contributed by atoms with Gasteiger partial charge in [0.2, 0.25) is 11.8 Å². The molecular weight excluding hydrogens is 252 g/mol. The van der Waals surface area contributed by atoms with E-state index >= 15 is 0 Å². The van der Waals surface area contributed by atoms with E-state index in [2.05, 4.69) is 10.6 Å². The third kappa shape index (κ3) is 8.11. The molecule has 0 aliphatic heterocycles. The van der Waals surface area contributed by atoms with E-state index in [1.165, 1.54) is 0 Å². The maximum Gasteiger partial charge on any atom is 0.305 e. The highest BCUT2D eigenvalue weighted by atomic mass is 16.4. The zero-order valence-corrected chi connectivity index (χ0v) is 11.0. The van der Waals surface area contributed by atoms with E-state index in [1.54, 1.807) is 0 Å². The summed E-state index contributed by atoms with van der Waals surface area (Å²) < 4.78 is 0. The van der Waals surface area contributed by atoms with Crippen LogP contribution in [0.15, 0.2) is 0 Å². The standard InChI is InChI=1S/C11H22N4O4/c1-14-5-3-2-4-8(10(13)18)15-11(19)7(12)6-9(16)17/h7-8,14H,2-6,12H2,1H3,(H2,13,18)(H,15,19)(H,16,17)/t7-,8-/m0/s1. The number of amides is 2. The first kappa shape index (κ1) is 17.3. The van der Waals surface area contributed by atoms with E-state index in [-0.39, 0.29) is 0 Å². The van der Waals surface area contributed by atoms with Crippen LogP contribution in [-0.4, -0.2) is 48.6 Å². The van der Waals surface area contributed by atoms with Crippen LogP contribution in [0, 0.1) is 0 Å². The summed E-state index contributed by atoms with van der Waals surface area (Å²) in [4.78, 5) is 33.2. The smallest absolute Gasteiger partial charge is 0.305 e. The minimum Gasteiger partial charge on any atom is -0.481 e. The number of carboxylic acid groups (broad SMARTS) is 1. The van der Waals surface area contributed by atoms with Crippen molar-refractivity contribution in [3.8, 4) is 0 Å². The second-order valence-corrected chi connectivity index (χ2v) is 4.27. The second-order valence-electron chi connectivity index (χ2n) is 4.27. The SMILES string of the molecule is CNCCCC[C@H](NC(=O)[C@@H](N)CC(=O)O)C(N)=O. The van der Waals surface area contributed by atoms with Crippen molar-refractivity contribution >= 4 is 17.8 Å². The number of primary amides is 1. The van der Waals surface area contributed by atoms with Crippen LogP contribution in [0.3, 0.4) is 0 Å². The maximum absolute atomic E-state index is 11.6. The lowest BCUT2D eigenvalue weighted by molar-refractivity contribution is -0.139. The molecule has 0 aromatic heterocycles. The van der Waals surface area contributed by atoms with Crippen LogP contribution in [0.5, 0.6) is 0 Å². The number of carbonyl (C=O) groups excluding carboxylic acids is 2. The summed E-state index contributed by atoms with van der Waals surface area (Å²) >= 11 is 0. The van der Waals surface area contributed by atoms with Crippen molar-refractivity contribution in [2.24, 2.45) is 11.5 Å². The van der Waals surface area contributed by atoms with Crippen molar-refractivity contribution in [1.82, 2.24) is 10.6 Å². The van der Waals surface area contributed by atoms with E-state index in [9.17, 15) is 14.4 Å². The molecule has 0 aliphatic carbocycles. The van der Waals surface area contributed by atoms with Crippen molar-refractivity contribution in [1.29, 1.82) is 0 Å². The molecule has 110 valence electrons. The van der Waals surface area contributed by atoms with Crippen LogP contribution in [0.25, 0.3) is 0 Å². The first-order valence-corrected chi connectivity index (χ1v) is 6.10. The number of carboxylic acids is 1. The number of hydrogen-bond donors (Lipinski definition) is 5. The molecule has 0 aromatic carbocycles. The van der Waals surface area contributed by atoms with Gasteiger partial charge in [-0.15, -0.1) is 0 Å². The van der Waals surface area contributed by atoms with Crippen LogP contribution in [-0.2, 0) is 14.4 Å². The van der Waals surface area contributed by atoms with Crippen molar-refractivity contribution in [2.45, 2.75) is 37.8 Å². The first-order valence-electron chi connectivity index (χ1n) is 6.10. The van der Waals surface area contributed by atoms with Crippen molar-refractivity contribution in [3.63, 3.8) is 0 Å². The van der Waals surface area contributed by atoms with Crippen LogP contribution in [0.1, 0.15) is 25.7 Å². The molecule has 0 saturated heterocycles. The largest absolute Gasteiger partial charge is 0.481 e. The van der Waals surface area contributed by atoms with Gasteiger partial charge >= 0.3 is 5.97 Å². The summed E-state index contributed by atoms with van der Waals surface area (Å²) in [7, 11) is 1.82. The highest BCUT2D eigenvalue weighted by Gasteiger charge is 2.22. The fourth-order valence-corrected chi connectivity index (χ4v) is 1.50. The maximum atomic E-state index is 11.6. The van der Waals surface area contributed by atoms with Gasteiger partial charge in [-0.25, -0.2) is 0 Å². The van der Waals surface area contributed by atoms with Gasteiger partial charge in [0.25, 0.3) is 0 Å².